The Morgan fingerprint density at radius 3 is 2.91 bits per heavy atom. The van der Waals surface area contributed by atoms with Crippen LogP contribution in [-0.2, 0) is 0 Å². The normalized spacial score (nSPS) is 14.5. The van der Waals surface area contributed by atoms with Crippen LogP contribution < -0.4 is 0 Å². The molecule has 1 saturated carbocycles. The minimum absolute atomic E-state index is 0.202. The van der Waals surface area contributed by atoms with Crippen molar-refractivity contribution in [3.05, 3.63) is 59.8 Å². The quantitative estimate of drug-likeness (QED) is 0.745. The van der Waals surface area contributed by atoms with E-state index in [0.717, 1.165) is 29.9 Å². The minimum atomic E-state index is -0.427. The van der Waals surface area contributed by atoms with Crippen LogP contribution in [0.5, 0.6) is 0 Å². The molecule has 0 radical (unpaired) electrons. The largest absolute Gasteiger partial charge is 0.240 e. The first-order valence-corrected chi connectivity index (χ1v) is 7.15. The number of fused-ring (bicyclic) bond motifs is 1. The monoisotopic (exact) mass is 295 g/mol. The van der Waals surface area contributed by atoms with Gasteiger partial charge in [-0.05, 0) is 31.4 Å². The Bertz CT molecular complexity index is 895. The van der Waals surface area contributed by atoms with Crippen LogP contribution in [0.3, 0.4) is 0 Å². The summed E-state index contributed by atoms with van der Waals surface area (Å²) in [6, 6.07) is 1.42. The number of nitrogens with zero attached hydrogens (tertiary/aromatic N) is 5. The van der Waals surface area contributed by atoms with E-state index in [1.807, 2.05) is 6.92 Å². The van der Waals surface area contributed by atoms with Gasteiger partial charge in [0, 0.05) is 35.1 Å². The van der Waals surface area contributed by atoms with Gasteiger partial charge >= 0.3 is 0 Å². The van der Waals surface area contributed by atoms with Gasteiger partial charge in [-0.3, -0.25) is 0 Å². The van der Waals surface area contributed by atoms with E-state index in [-0.39, 0.29) is 5.65 Å². The zero-order chi connectivity index (χ0) is 15.3. The molecule has 1 fully saturated rings. The number of hydrogen-bond acceptors (Lipinski definition) is 4. The van der Waals surface area contributed by atoms with Gasteiger partial charge in [0.1, 0.15) is 12.2 Å². The van der Waals surface area contributed by atoms with Crippen molar-refractivity contribution in [2.75, 3.05) is 0 Å². The zero-order valence-electron chi connectivity index (χ0n) is 12.1. The van der Waals surface area contributed by atoms with Crippen LogP contribution in [0, 0.1) is 12.7 Å². The van der Waals surface area contributed by atoms with Crippen LogP contribution in [0.1, 0.15) is 41.4 Å². The lowest BCUT2D eigenvalue weighted by Gasteiger charge is -2.10. The number of pyridine rings is 1. The van der Waals surface area contributed by atoms with Gasteiger partial charge < -0.3 is 0 Å². The SMILES string of the molecule is C=C(c1cc(F)c2ncnn2c1)c1cnc(C2CC2)nc1C. The van der Waals surface area contributed by atoms with Crippen LogP contribution in [-0.4, -0.2) is 24.6 Å². The van der Waals surface area contributed by atoms with Gasteiger partial charge in [-0.2, -0.15) is 5.10 Å². The Morgan fingerprint density at radius 1 is 1.36 bits per heavy atom. The fourth-order valence-corrected chi connectivity index (χ4v) is 2.53. The number of hydrogen-bond donors (Lipinski definition) is 0. The van der Waals surface area contributed by atoms with E-state index in [0.29, 0.717) is 17.1 Å². The second kappa shape index (κ2) is 4.69. The summed E-state index contributed by atoms with van der Waals surface area (Å²) in [6.45, 7) is 6.00. The smallest absolute Gasteiger partial charge is 0.191 e. The van der Waals surface area contributed by atoms with Crippen LogP contribution in [0.2, 0.25) is 0 Å². The molecule has 0 unspecified atom stereocenters. The van der Waals surface area contributed by atoms with E-state index in [1.54, 1.807) is 12.4 Å². The predicted octanol–water partition coefficient (Wildman–Crippen LogP) is 2.91. The van der Waals surface area contributed by atoms with Gasteiger partial charge in [-0.25, -0.2) is 23.9 Å². The molecule has 0 bridgehead atoms. The average molecular weight is 295 g/mol. The first-order valence-electron chi connectivity index (χ1n) is 7.15. The second-order valence-corrected chi connectivity index (χ2v) is 5.59. The Kier molecular flexibility index (Phi) is 2.79. The van der Waals surface area contributed by atoms with Crippen molar-refractivity contribution in [2.45, 2.75) is 25.7 Å². The van der Waals surface area contributed by atoms with E-state index < -0.39 is 5.82 Å². The van der Waals surface area contributed by atoms with Gasteiger partial charge in [0.2, 0.25) is 0 Å². The first-order chi connectivity index (χ1) is 10.6. The molecule has 110 valence electrons. The molecule has 0 N–H and O–H groups in total. The first kappa shape index (κ1) is 13.1. The minimum Gasteiger partial charge on any atom is -0.240 e. The van der Waals surface area contributed by atoms with Crippen molar-refractivity contribution >= 4 is 11.2 Å². The summed E-state index contributed by atoms with van der Waals surface area (Å²) in [5, 5.41) is 3.98. The zero-order valence-corrected chi connectivity index (χ0v) is 12.1. The maximum Gasteiger partial charge on any atom is 0.191 e. The average Bonchev–Trinajstić information content (AvgIpc) is 3.24. The molecular formula is C16H14FN5. The molecule has 4 rings (SSSR count). The predicted molar refractivity (Wildman–Crippen MR) is 79.8 cm³/mol. The summed E-state index contributed by atoms with van der Waals surface area (Å²) in [7, 11) is 0. The van der Waals surface area contributed by atoms with Crippen LogP contribution >= 0.6 is 0 Å². The molecule has 0 atom stereocenters. The maximum atomic E-state index is 14.0. The second-order valence-electron chi connectivity index (χ2n) is 5.59. The molecule has 5 nitrogen and oxygen atoms in total. The van der Waals surface area contributed by atoms with Crippen LogP contribution in [0.25, 0.3) is 11.2 Å². The number of halogens is 1. The van der Waals surface area contributed by atoms with Crippen molar-refractivity contribution in [1.29, 1.82) is 0 Å². The van der Waals surface area contributed by atoms with Gasteiger partial charge in [0.15, 0.2) is 11.5 Å². The summed E-state index contributed by atoms with van der Waals surface area (Å²) >= 11 is 0. The Morgan fingerprint density at radius 2 is 2.18 bits per heavy atom. The molecule has 0 aliphatic heterocycles. The molecule has 22 heavy (non-hydrogen) atoms. The highest BCUT2D eigenvalue weighted by atomic mass is 19.1. The van der Waals surface area contributed by atoms with E-state index in [1.165, 1.54) is 16.9 Å². The summed E-state index contributed by atoms with van der Waals surface area (Å²) in [5.74, 6) is 0.973. The number of aromatic nitrogens is 5. The number of aryl methyl sites for hydroxylation is 1. The molecule has 0 aromatic carbocycles. The molecule has 0 amide bonds. The third-order valence-corrected chi connectivity index (χ3v) is 3.94. The van der Waals surface area contributed by atoms with Gasteiger partial charge in [0.05, 0.1) is 0 Å². The summed E-state index contributed by atoms with van der Waals surface area (Å²) in [6.07, 6.45) is 7.13. The Hall–Kier alpha value is -2.63. The molecule has 0 saturated heterocycles. The lowest BCUT2D eigenvalue weighted by atomic mass is 10.0. The third kappa shape index (κ3) is 2.07. The van der Waals surface area contributed by atoms with Gasteiger partial charge in [0.25, 0.3) is 0 Å². The Labute approximate surface area is 126 Å². The van der Waals surface area contributed by atoms with Crippen molar-refractivity contribution in [3.8, 4) is 0 Å². The highest BCUT2D eigenvalue weighted by Crippen LogP contribution is 2.38. The maximum absolute atomic E-state index is 14.0. The van der Waals surface area contributed by atoms with E-state index in [2.05, 4.69) is 26.6 Å². The summed E-state index contributed by atoms with van der Waals surface area (Å²) in [4.78, 5) is 12.8. The molecular weight excluding hydrogens is 281 g/mol. The van der Waals surface area contributed by atoms with Crippen LogP contribution in [0.4, 0.5) is 4.39 Å². The fraction of sp³-hybridized carbons (Fsp3) is 0.250. The van der Waals surface area contributed by atoms with Crippen LogP contribution in [0.15, 0.2) is 31.4 Å². The summed E-state index contributed by atoms with van der Waals surface area (Å²) < 4.78 is 15.4. The van der Waals surface area contributed by atoms with Crippen molar-refractivity contribution in [2.24, 2.45) is 0 Å². The Balaban J connectivity index is 1.76. The third-order valence-electron chi connectivity index (χ3n) is 3.94. The van der Waals surface area contributed by atoms with Gasteiger partial charge in [-0.1, -0.05) is 6.58 Å². The topological polar surface area (TPSA) is 56.0 Å². The van der Waals surface area contributed by atoms with Crippen molar-refractivity contribution < 1.29 is 4.39 Å². The molecule has 0 spiro atoms. The lowest BCUT2D eigenvalue weighted by Crippen LogP contribution is -2.01. The number of rotatable bonds is 3. The lowest BCUT2D eigenvalue weighted by molar-refractivity contribution is 0.627. The van der Waals surface area contributed by atoms with Gasteiger partial charge in [-0.15, -0.1) is 0 Å². The van der Waals surface area contributed by atoms with E-state index in [4.69, 9.17) is 0 Å². The van der Waals surface area contributed by atoms with E-state index >= 15 is 0 Å². The molecule has 3 aromatic rings. The van der Waals surface area contributed by atoms with E-state index in [9.17, 15) is 4.39 Å². The molecule has 1 aliphatic carbocycles. The molecule has 3 heterocycles. The fourth-order valence-electron chi connectivity index (χ4n) is 2.53. The highest BCUT2D eigenvalue weighted by Gasteiger charge is 2.27. The summed E-state index contributed by atoms with van der Waals surface area (Å²) in [5.41, 5.74) is 3.20. The van der Waals surface area contributed by atoms with Crippen molar-refractivity contribution in [3.63, 3.8) is 0 Å². The highest BCUT2D eigenvalue weighted by molar-refractivity contribution is 5.79. The standard InChI is InChI=1S/C16H14FN5/c1-9(12-5-14(17)16-19-8-20-22(16)7-12)13-6-18-15(11-3-4-11)21-10(13)2/h5-8,11H,1,3-4H2,2H3. The molecule has 3 aromatic heterocycles. The van der Waals surface area contributed by atoms with Crippen molar-refractivity contribution in [1.82, 2.24) is 24.6 Å². The molecule has 1 aliphatic rings. The molecule has 6 heteroatoms.